The first-order chi connectivity index (χ1) is 15.1. The van der Waals surface area contributed by atoms with Crippen molar-refractivity contribution >= 4 is 0 Å². The molecule has 0 radical (unpaired) electrons. The summed E-state index contributed by atoms with van der Waals surface area (Å²) in [6.45, 7) is 7.64. The maximum Gasteiger partial charge on any atom is 0.0761 e. The monoisotopic (exact) mass is 426 g/mol. The highest BCUT2D eigenvalue weighted by Crippen LogP contribution is 2.65. The summed E-state index contributed by atoms with van der Waals surface area (Å²) in [4.78, 5) is 0. The lowest BCUT2D eigenvalue weighted by atomic mass is 9.50. The Balaban J connectivity index is 1.34. The minimum atomic E-state index is -0.229. The zero-order valence-corrected chi connectivity index (χ0v) is 20.9. The predicted octanol–water partition coefficient (Wildman–Crippen LogP) is 8.62. The average molecular weight is 427 g/mol. The first kappa shape index (κ1) is 23.6. The lowest BCUT2D eigenvalue weighted by Crippen LogP contribution is -2.48. The number of aliphatic hydroxyl groups excluding tert-OH is 1. The summed E-state index contributed by atoms with van der Waals surface area (Å²) in [5, 5.41) is 10.1. The topological polar surface area (TPSA) is 20.2 Å². The molecule has 0 amide bonds. The van der Waals surface area contributed by atoms with Gasteiger partial charge in [-0.2, -0.15) is 0 Å². The molecule has 4 aliphatic carbocycles. The second-order valence-corrected chi connectivity index (χ2v) is 12.0. The summed E-state index contributed by atoms with van der Waals surface area (Å²) in [7, 11) is 0. The minimum Gasteiger partial charge on any atom is -0.389 e. The Hall–Kier alpha value is -0.560. The number of aliphatic hydroxyl groups is 1. The normalized spacial score (nSPS) is 38.0. The van der Waals surface area contributed by atoms with Crippen LogP contribution in [-0.2, 0) is 0 Å². The van der Waals surface area contributed by atoms with Gasteiger partial charge in [0.05, 0.1) is 6.10 Å². The van der Waals surface area contributed by atoms with Crippen LogP contribution in [0.15, 0.2) is 23.3 Å². The fraction of sp³-hybridized carbons (Fsp3) is 0.867. The first-order valence-corrected chi connectivity index (χ1v) is 14.1. The molecular formula is C30H50O. The second-order valence-electron chi connectivity index (χ2n) is 12.0. The molecule has 31 heavy (non-hydrogen) atoms. The van der Waals surface area contributed by atoms with Crippen LogP contribution in [0.1, 0.15) is 124 Å². The lowest BCUT2D eigenvalue weighted by Gasteiger charge is -2.55. The van der Waals surface area contributed by atoms with Crippen LogP contribution >= 0.6 is 0 Å². The summed E-state index contributed by atoms with van der Waals surface area (Å²) in [6.07, 6.45) is 26.5. The number of allylic oxidation sites excluding steroid dienone is 2. The van der Waals surface area contributed by atoms with Crippen molar-refractivity contribution in [2.75, 3.05) is 0 Å². The SMILES string of the molecule is CCCCCCCCCCC(C)C1CCC2CCC3C4=C(CCC3C21C)CC(O)C=C4. The van der Waals surface area contributed by atoms with Crippen LogP contribution in [0.2, 0.25) is 0 Å². The molecule has 7 unspecified atom stereocenters. The molecule has 4 rings (SSSR count). The van der Waals surface area contributed by atoms with Gasteiger partial charge in [-0.3, -0.25) is 0 Å². The van der Waals surface area contributed by atoms with Gasteiger partial charge in [0.15, 0.2) is 0 Å². The maximum absolute atomic E-state index is 10.1. The molecule has 0 aromatic carbocycles. The van der Waals surface area contributed by atoms with E-state index in [4.69, 9.17) is 0 Å². The highest BCUT2D eigenvalue weighted by atomic mass is 16.3. The van der Waals surface area contributed by atoms with Gasteiger partial charge in [0, 0.05) is 0 Å². The molecule has 1 nitrogen and oxygen atoms in total. The van der Waals surface area contributed by atoms with Gasteiger partial charge in [-0.1, -0.05) is 96.3 Å². The van der Waals surface area contributed by atoms with Crippen molar-refractivity contribution in [3.63, 3.8) is 0 Å². The van der Waals surface area contributed by atoms with Crippen LogP contribution in [0.3, 0.4) is 0 Å². The zero-order valence-electron chi connectivity index (χ0n) is 20.9. The molecular weight excluding hydrogens is 376 g/mol. The molecule has 176 valence electrons. The predicted molar refractivity (Wildman–Crippen MR) is 133 cm³/mol. The molecule has 1 heteroatoms. The van der Waals surface area contributed by atoms with Crippen molar-refractivity contribution < 1.29 is 5.11 Å². The third kappa shape index (κ3) is 4.87. The van der Waals surface area contributed by atoms with Gasteiger partial charge in [-0.25, -0.2) is 0 Å². The average Bonchev–Trinajstić information content (AvgIpc) is 3.12. The fourth-order valence-electron chi connectivity index (χ4n) is 8.67. The summed E-state index contributed by atoms with van der Waals surface area (Å²) in [6, 6.07) is 0. The molecule has 0 heterocycles. The number of hydrogen-bond donors (Lipinski definition) is 1. The fourth-order valence-corrected chi connectivity index (χ4v) is 8.67. The Morgan fingerprint density at radius 3 is 2.45 bits per heavy atom. The molecule has 1 N–H and O–H groups in total. The molecule has 4 aliphatic rings. The van der Waals surface area contributed by atoms with E-state index in [1.807, 2.05) is 0 Å². The van der Waals surface area contributed by atoms with Gasteiger partial charge >= 0.3 is 0 Å². The van der Waals surface area contributed by atoms with Crippen LogP contribution in [-0.4, -0.2) is 11.2 Å². The summed E-state index contributed by atoms with van der Waals surface area (Å²) < 4.78 is 0. The molecule has 0 saturated heterocycles. The Labute approximate surface area is 193 Å². The molecule has 2 saturated carbocycles. The van der Waals surface area contributed by atoms with Crippen LogP contribution in [0.25, 0.3) is 0 Å². The van der Waals surface area contributed by atoms with Gasteiger partial charge in [0.2, 0.25) is 0 Å². The van der Waals surface area contributed by atoms with E-state index in [0.29, 0.717) is 5.41 Å². The van der Waals surface area contributed by atoms with Crippen molar-refractivity contribution in [2.24, 2.45) is 35.0 Å². The van der Waals surface area contributed by atoms with Crippen molar-refractivity contribution in [1.82, 2.24) is 0 Å². The van der Waals surface area contributed by atoms with Gasteiger partial charge in [-0.15, -0.1) is 0 Å². The Morgan fingerprint density at radius 2 is 1.68 bits per heavy atom. The van der Waals surface area contributed by atoms with E-state index in [-0.39, 0.29) is 6.10 Å². The van der Waals surface area contributed by atoms with Gasteiger partial charge in [0.1, 0.15) is 0 Å². The van der Waals surface area contributed by atoms with Crippen LogP contribution in [0.5, 0.6) is 0 Å². The van der Waals surface area contributed by atoms with E-state index in [2.05, 4.69) is 32.9 Å². The third-order valence-electron chi connectivity index (χ3n) is 10.3. The van der Waals surface area contributed by atoms with Gasteiger partial charge in [0.25, 0.3) is 0 Å². The van der Waals surface area contributed by atoms with E-state index in [1.165, 1.54) is 96.3 Å². The highest BCUT2D eigenvalue weighted by molar-refractivity contribution is 5.37. The smallest absolute Gasteiger partial charge is 0.0761 e. The number of unbranched alkanes of at least 4 members (excludes halogenated alkanes) is 7. The molecule has 0 aromatic heterocycles. The number of rotatable bonds is 10. The maximum atomic E-state index is 10.1. The van der Waals surface area contributed by atoms with E-state index in [0.717, 1.165) is 36.0 Å². The summed E-state index contributed by atoms with van der Waals surface area (Å²) >= 11 is 0. The van der Waals surface area contributed by atoms with Crippen LogP contribution in [0.4, 0.5) is 0 Å². The molecule has 0 aromatic rings. The largest absolute Gasteiger partial charge is 0.389 e. The quantitative estimate of drug-likeness (QED) is 0.347. The number of hydrogen-bond acceptors (Lipinski definition) is 1. The lowest BCUT2D eigenvalue weighted by molar-refractivity contribution is -0.0315. The molecule has 7 atom stereocenters. The highest BCUT2D eigenvalue weighted by Gasteiger charge is 2.57. The van der Waals surface area contributed by atoms with Gasteiger partial charge < -0.3 is 5.11 Å². The molecule has 2 fully saturated rings. The molecule has 0 spiro atoms. The standard InChI is InChI=1S/C30H50O/c1-4-5-6-7-8-9-10-11-12-22(2)28-20-15-24-14-17-27-26-18-16-25(31)21-23(26)13-19-29(27)30(24,28)3/h16,18,22,24-25,27-29,31H,4-15,17,19-21H2,1-3H3. The summed E-state index contributed by atoms with van der Waals surface area (Å²) in [5.74, 6) is 4.48. The van der Waals surface area contributed by atoms with Crippen molar-refractivity contribution in [3.05, 3.63) is 23.3 Å². The first-order valence-electron chi connectivity index (χ1n) is 14.1. The van der Waals surface area contributed by atoms with Crippen molar-refractivity contribution in [3.8, 4) is 0 Å². The van der Waals surface area contributed by atoms with E-state index in [9.17, 15) is 5.11 Å². The minimum absolute atomic E-state index is 0.229. The Kier molecular flexibility index (Phi) is 8.05. The molecule has 0 bridgehead atoms. The number of fused-ring (bicyclic) bond motifs is 4. The summed E-state index contributed by atoms with van der Waals surface area (Å²) in [5.41, 5.74) is 3.81. The van der Waals surface area contributed by atoms with Crippen LogP contribution < -0.4 is 0 Å². The van der Waals surface area contributed by atoms with Crippen molar-refractivity contribution in [1.29, 1.82) is 0 Å². The van der Waals surface area contributed by atoms with E-state index < -0.39 is 0 Å². The van der Waals surface area contributed by atoms with Gasteiger partial charge in [-0.05, 0) is 85.5 Å². The van der Waals surface area contributed by atoms with E-state index >= 15 is 0 Å². The van der Waals surface area contributed by atoms with E-state index in [1.54, 1.807) is 11.1 Å². The third-order valence-corrected chi connectivity index (χ3v) is 10.3. The second kappa shape index (κ2) is 10.6. The zero-order chi connectivity index (χ0) is 21.8. The Bertz CT molecular complexity index is 645. The van der Waals surface area contributed by atoms with Crippen molar-refractivity contribution in [2.45, 2.75) is 130 Å². The van der Waals surface area contributed by atoms with Crippen LogP contribution in [0, 0.1) is 35.0 Å². The molecule has 0 aliphatic heterocycles. The Morgan fingerprint density at radius 1 is 0.968 bits per heavy atom.